The molecule has 0 bridgehead atoms. The molecule has 0 nitrogen and oxygen atoms in total. The van der Waals surface area contributed by atoms with Gasteiger partial charge in [0.05, 0.1) is 0 Å². The zero-order valence-corrected chi connectivity index (χ0v) is 5.37. The fourth-order valence-corrected chi connectivity index (χ4v) is 0.659. The van der Waals surface area contributed by atoms with E-state index in [4.69, 9.17) is 0 Å². The predicted molar refractivity (Wildman–Crippen MR) is 37.5 cm³/mol. The van der Waals surface area contributed by atoms with Crippen molar-refractivity contribution in [3.63, 3.8) is 0 Å². The van der Waals surface area contributed by atoms with Crippen LogP contribution in [0.25, 0.3) is 0 Å². The van der Waals surface area contributed by atoms with Crippen molar-refractivity contribution >= 4 is 11.8 Å². The molecule has 0 heterocycles. The van der Waals surface area contributed by atoms with Crippen LogP contribution >= 0.6 is 11.8 Å². The highest BCUT2D eigenvalue weighted by atomic mass is 32.2. The fourth-order valence-electron chi connectivity index (χ4n) is 0.220. The molecule has 0 aliphatic rings. The summed E-state index contributed by atoms with van der Waals surface area (Å²) in [5.41, 5.74) is 0. The molecule has 0 aliphatic carbocycles. The van der Waals surface area contributed by atoms with E-state index in [2.05, 4.69) is 12.7 Å². The SMILES string of the molecule is C=CSC/C=C\C. The monoisotopic (exact) mass is 114 g/mol. The third-order valence-corrected chi connectivity index (χ3v) is 1.17. The maximum Gasteiger partial charge on any atom is 0.0154 e. The van der Waals surface area contributed by atoms with Gasteiger partial charge in [-0.2, -0.15) is 0 Å². The van der Waals surface area contributed by atoms with Crippen molar-refractivity contribution in [2.24, 2.45) is 0 Å². The van der Waals surface area contributed by atoms with E-state index in [-0.39, 0.29) is 0 Å². The third-order valence-electron chi connectivity index (χ3n) is 0.546. The molecule has 0 aliphatic heterocycles. The van der Waals surface area contributed by atoms with E-state index in [9.17, 15) is 0 Å². The second-order valence-electron chi connectivity index (χ2n) is 1.07. The predicted octanol–water partition coefficient (Wildman–Crippen LogP) is 2.44. The quantitative estimate of drug-likeness (QED) is 0.401. The first-order valence-corrected chi connectivity index (χ1v) is 3.30. The van der Waals surface area contributed by atoms with Gasteiger partial charge in [0, 0.05) is 5.75 Å². The number of allylic oxidation sites excluding steroid dienone is 1. The van der Waals surface area contributed by atoms with E-state index in [0.29, 0.717) is 0 Å². The Bertz CT molecular complexity index is 64.6. The van der Waals surface area contributed by atoms with Crippen molar-refractivity contribution in [2.75, 3.05) is 5.75 Å². The number of hydrogen-bond acceptors (Lipinski definition) is 1. The first-order valence-electron chi connectivity index (χ1n) is 2.25. The molecular formula is C6H10S. The molecule has 0 saturated heterocycles. The van der Waals surface area contributed by atoms with E-state index in [1.807, 2.05) is 18.4 Å². The Morgan fingerprint density at radius 3 is 2.86 bits per heavy atom. The summed E-state index contributed by atoms with van der Waals surface area (Å²) in [6, 6.07) is 0. The maximum atomic E-state index is 3.56. The van der Waals surface area contributed by atoms with Gasteiger partial charge >= 0.3 is 0 Å². The summed E-state index contributed by atoms with van der Waals surface area (Å²) in [5.74, 6) is 1.06. The molecule has 7 heavy (non-hydrogen) atoms. The molecule has 0 saturated carbocycles. The Labute approximate surface area is 49.3 Å². The van der Waals surface area contributed by atoms with Crippen molar-refractivity contribution in [3.8, 4) is 0 Å². The molecule has 0 spiro atoms. The average molecular weight is 114 g/mol. The Kier molecular flexibility index (Phi) is 5.69. The Balaban J connectivity index is 2.82. The number of rotatable bonds is 3. The standard InChI is InChI=1S/C6H10S/c1-3-5-6-7-4-2/h3-5H,2,6H2,1H3/b5-3-. The van der Waals surface area contributed by atoms with Gasteiger partial charge in [-0.1, -0.05) is 18.7 Å². The summed E-state index contributed by atoms with van der Waals surface area (Å²) in [4.78, 5) is 0. The first kappa shape index (κ1) is 6.83. The smallest absolute Gasteiger partial charge is 0.0154 e. The van der Waals surface area contributed by atoms with Crippen LogP contribution < -0.4 is 0 Å². The van der Waals surface area contributed by atoms with Gasteiger partial charge < -0.3 is 0 Å². The molecular weight excluding hydrogens is 104 g/mol. The highest BCUT2D eigenvalue weighted by Gasteiger charge is 1.68. The fraction of sp³-hybridized carbons (Fsp3) is 0.333. The van der Waals surface area contributed by atoms with Gasteiger partial charge in [0.15, 0.2) is 0 Å². The summed E-state index contributed by atoms with van der Waals surface area (Å²) in [6.45, 7) is 5.58. The molecule has 0 unspecified atom stereocenters. The van der Waals surface area contributed by atoms with Crippen LogP contribution in [-0.4, -0.2) is 5.75 Å². The lowest BCUT2D eigenvalue weighted by Crippen LogP contribution is -1.60. The van der Waals surface area contributed by atoms with Crippen LogP contribution in [0.5, 0.6) is 0 Å². The van der Waals surface area contributed by atoms with Gasteiger partial charge in [0.2, 0.25) is 0 Å². The Hall–Kier alpha value is -0.170. The molecule has 0 aromatic rings. The summed E-state index contributed by atoms with van der Waals surface area (Å²) >= 11 is 1.71. The molecule has 0 aromatic carbocycles. The van der Waals surface area contributed by atoms with Gasteiger partial charge in [-0.25, -0.2) is 0 Å². The van der Waals surface area contributed by atoms with Crippen LogP contribution in [0, 0.1) is 0 Å². The Morgan fingerprint density at radius 2 is 2.43 bits per heavy atom. The normalized spacial score (nSPS) is 9.86. The maximum absolute atomic E-state index is 3.56. The minimum atomic E-state index is 1.06. The van der Waals surface area contributed by atoms with Crippen LogP contribution in [0.4, 0.5) is 0 Å². The van der Waals surface area contributed by atoms with E-state index in [1.54, 1.807) is 11.8 Å². The lowest BCUT2D eigenvalue weighted by atomic mass is 10.6. The van der Waals surface area contributed by atoms with Crippen LogP contribution in [0.3, 0.4) is 0 Å². The largest absolute Gasteiger partial charge is 0.131 e. The minimum absolute atomic E-state index is 1.06. The highest BCUT2D eigenvalue weighted by Crippen LogP contribution is 1.98. The van der Waals surface area contributed by atoms with Crippen LogP contribution in [0.1, 0.15) is 6.92 Å². The Morgan fingerprint density at radius 1 is 1.71 bits per heavy atom. The lowest BCUT2D eigenvalue weighted by molar-refractivity contribution is 1.66. The third kappa shape index (κ3) is 5.83. The minimum Gasteiger partial charge on any atom is -0.131 e. The molecule has 1 heteroatoms. The zero-order valence-electron chi connectivity index (χ0n) is 4.55. The van der Waals surface area contributed by atoms with Crippen LogP contribution in [0.15, 0.2) is 24.1 Å². The topological polar surface area (TPSA) is 0 Å². The van der Waals surface area contributed by atoms with E-state index in [0.717, 1.165) is 5.75 Å². The van der Waals surface area contributed by atoms with Gasteiger partial charge in [0.1, 0.15) is 0 Å². The molecule has 0 rings (SSSR count). The average Bonchev–Trinajstić information content (AvgIpc) is 1.69. The van der Waals surface area contributed by atoms with Gasteiger partial charge in [-0.3, -0.25) is 0 Å². The number of thioether (sulfide) groups is 1. The summed E-state index contributed by atoms with van der Waals surface area (Å²) in [7, 11) is 0. The molecule has 0 amide bonds. The molecule has 0 fully saturated rings. The van der Waals surface area contributed by atoms with Crippen molar-refractivity contribution in [1.29, 1.82) is 0 Å². The van der Waals surface area contributed by atoms with Gasteiger partial charge in [0.25, 0.3) is 0 Å². The van der Waals surface area contributed by atoms with Gasteiger partial charge in [-0.15, -0.1) is 11.8 Å². The molecule has 0 N–H and O–H groups in total. The summed E-state index contributed by atoms with van der Waals surface area (Å²) in [5, 5.41) is 1.85. The highest BCUT2D eigenvalue weighted by molar-refractivity contribution is 8.02. The molecule has 0 radical (unpaired) electrons. The van der Waals surface area contributed by atoms with Crippen LogP contribution in [0.2, 0.25) is 0 Å². The van der Waals surface area contributed by atoms with Crippen LogP contribution in [-0.2, 0) is 0 Å². The van der Waals surface area contributed by atoms with E-state index < -0.39 is 0 Å². The van der Waals surface area contributed by atoms with E-state index in [1.165, 1.54) is 0 Å². The lowest BCUT2D eigenvalue weighted by Gasteiger charge is -1.79. The molecule has 40 valence electrons. The van der Waals surface area contributed by atoms with Crippen molar-refractivity contribution < 1.29 is 0 Å². The summed E-state index contributed by atoms with van der Waals surface area (Å²) in [6.07, 6.45) is 4.14. The van der Waals surface area contributed by atoms with Crippen molar-refractivity contribution in [3.05, 3.63) is 24.1 Å². The van der Waals surface area contributed by atoms with Crippen molar-refractivity contribution in [1.82, 2.24) is 0 Å². The summed E-state index contributed by atoms with van der Waals surface area (Å²) < 4.78 is 0. The molecule has 0 aromatic heterocycles. The zero-order chi connectivity index (χ0) is 5.54. The van der Waals surface area contributed by atoms with Gasteiger partial charge in [-0.05, 0) is 12.3 Å². The number of hydrogen-bond donors (Lipinski definition) is 0. The van der Waals surface area contributed by atoms with Crippen molar-refractivity contribution in [2.45, 2.75) is 6.92 Å². The van der Waals surface area contributed by atoms with E-state index >= 15 is 0 Å². The second kappa shape index (κ2) is 5.83. The molecule has 0 atom stereocenters. The second-order valence-corrected chi connectivity index (χ2v) is 2.07. The first-order chi connectivity index (χ1) is 3.41.